The second-order valence-electron chi connectivity index (χ2n) is 4.61. The van der Waals surface area contributed by atoms with Crippen molar-refractivity contribution in [1.29, 1.82) is 0 Å². The van der Waals surface area contributed by atoms with Gasteiger partial charge in [-0.3, -0.25) is 15.0 Å². The zero-order valence-electron chi connectivity index (χ0n) is 11.0. The van der Waals surface area contributed by atoms with Gasteiger partial charge in [-0.2, -0.15) is 8.78 Å². The van der Waals surface area contributed by atoms with Crippen LogP contribution < -0.4 is 5.76 Å². The SMILES string of the molecule is CC(F)(F)c1cnc(-c2c(Cl)cc(F)c3[nH]c(=O)oc23)cn1. The minimum absolute atomic E-state index is 0.0748. The zero-order valence-corrected chi connectivity index (χ0v) is 11.7. The Kier molecular flexibility index (Phi) is 3.21. The minimum Gasteiger partial charge on any atom is -0.407 e. The van der Waals surface area contributed by atoms with Crippen molar-refractivity contribution in [2.75, 3.05) is 0 Å². The monoisotopic (exact) mass is 329 g/mol. The smallest absolute Gasteiger partial charge is 0.407 e. The summed E-state index contributed by atoms with van der Waals surface area (Å²) in [6.45, 7) is 0.685. The van der Waals surface area contributed by atoms with E-state index in [9.17, 15) is 18.0 Å². The van der Waals surface area contributed by atoms with Crippen LogP contribution in [0.25, 0.3) is 22.4 Å². The van der Waals surface area contributed by atoms with E-state index in [1.807, 2.05) is 0 Å². The average molecular weight is 330 g/mol. The number of hydrogen-bond donors (Lipinski definition) is 1. The highest BCUT2D eigenvalue weighted by atomic mass is 35.5. The lowest BCUT2D eigenvalue weighted by Gasteiger charge is -2.10. The van der Waals surface area contributed by atoms with Crippen molar-refractivity contribution in [2.45, 2.75) is 12.8 Å². The summed E-state index contributed by atoms with van der Waals surface area (Å²) in [6.07, 6.45) is 1.93. The zero-order chi connectivity index (χ0) is 16.1. The molecule has 0 fully saturated rings. The molecule has 114 valence electrons. The Labute approximate surface area is 125 Å². The molecule has 0 aliphatic carbocycles. The van der Waals surface area contributed by atoms with Crippen LogP contribution in [0.1, 0.15) is 12.6 Å². The van der Waals surface area contributed by atoms with Crippen LogP contribution in [-0.2, 0) is 5.92 Å². The summed E-state index contributed by atoms with van der Waals surface area (Å²) < 4.78 is 44.9. The summed E-state index contributed by atoms with van der Waals surface area (Å²) in [6, 6.07) is 0.967. The number of fused-ring (bicyclic) bond motifs is 1. The molecule has 1 N–H and O–H groups in total. The molecule has 22 heavy (non-hydrogen) atoms. The van der Waals surface area contributed by atoms with E-state index in [2.05, 4.69) is 15.0 Å². The van der Waals surface area contributed by atoms with Gasteiger partial charge in [0.15, 0.2) is 11.4 Å². The summed E-state index contributed by atoms with van der Waals surface area (Å²) in [5, 5.41) is -0.0851. The molecule has 2 heterocycles. The summed E-state index contributed by atoms with van der Waals surface area (Å²) in [7, 11) is 0. The highest BCUT2D eigenvalue weighted by molar-refractivity contribution is 6.34. The quantitative estimate of drug-likeness (QED) is 0.781. The average Bonchev–Trinajstić information content (AvgIpc) is 2.80. The van der Waals surface area contributed by atoms with Crippen LogP contribution in [0.4, 0.5) is 13.2 Å². The van der Waals surface area contributed by atoms with Gasteiger partial charge >= 0.3 is 5.76 Å². The molecule has 0 spiro atoms. The molecule has 0 aliphatic heterocycles. The van der Waals surface area contributed by atoms with E-state index >= 15 is 0 Å². The summed E-state index contributed by atoms with van der Waals surface area (Å²) >= 11 is 5.95. The lowest BCUT2D eigenvalue weighted by Crippen LogP contribution is -2.10. The third-order valence-electron chi connectivity index (χ3n) is 2.96. The molecule has 9 heteroatoms. The number of halogens is 4. The third kappa shape index (κ3) is 2.35. The van der Waals surface area contributed by atoms with Crippen molar-refractivity contribution < 1.29 is 17.6 Å². The maximum atomic E-state index is 13.7. The highest BCUT2D eigenvalue weighted by Gasteiger charge is 2.27. The van der Waals surface area contributed by atoms with Crippen LogP contribution in [0.15, 0.2) is 27.7 Å². The Morgan fingerprint density at radius 2 is 2.05 bits per heavy atom. The second kappa shape index (κ2) is 4.84. The van der Waals surface area contributed by atoms with Gasteiger partial charge in [-0.05, 0) is 6.07 Å². The van der Waals surface area contributed by atoms with Crippen LogP contribution in [0.5, 0.6) is 0 Å². The molecule has 2 aromatic heterocycles. The molecule has 0 radical (unpaired) electrons. The molecule has 1 aromatic carbocycles. The normalized spacial score (nSPS) is 12.0. The van der Waals surface area contributed by atoms with Gasteiger partial charge < -0.3 is 4.42 Å². The maximum Gasteiger partial charge on any atom is 0.417 e. The van der Waals surface area contributed by atoms with Crippen molar-refractivity contribution >= 4 is 22.7 Å². The lowest BCUT2D eigenvalue weighted by atomic mass is 10.1. The van der Waals surface area contributed by atoms with Crippen LogP contribution in [-0.4, -0.2) is 15.0 Å². The van der Waals surface area contributed by atoms with Crippen molar-refractivity contribution in [3.63, 3.8) is 0 Å². The number of rotatable bonds is 2. The molecule has 5 nitrogen and oxygen atoms in total. The third-order valence-corrected chi connectivity index (χ3v) is 3.26. The Morgan fingerprint density at radius 3 is 2.64 bits per heavy atom. The lowest BCUT2D eigenvalue weighted by molar-refractivity contribution is 0.0124. The van der Waals surface area contributed by atoms with Crippen molar-refractivity contribution in [3.8, 4) is 11.3 Å². The van der Waals surface area contributed by atoms with Gasteiger partial charge in [-0.15, -0.1) is 0 Å². The van der Waals surface area contributed by atoms with Gasteiger partial charge in [0.25, 0.3) is 5.92 Å². The number of nitrogens with zero attached hydrogens (tertiary/aromatic N) is 2. The van der Waals surface area contributed by atoms with E-state index in [-0.39, 0.29) is 27.4 Å². The molecule has 0 amide bonds. The first kappa shape index (κ1) is 14.6. The fourth-order valence-corrected chi connectivity index (χ4v) is 2.24. The minimum atomic E-state index is -3.14. The van der Waals surface area contributed by atoms with Crippen LogP contribution in [0, 0.1) is 5.82 Å². The second-order valence-corrected chi connectivity index (χ2v) is 5.02. The standard InChI is InChI=1S/C13H7ClF3N3O2/c1-13(16,17)8-4-18-7(3-19-8)9-5(14)2-6(15)10-11(9)22-12(21)20-10/h2-4H,1H3,(H,20,21). The Morgan fingerprint density at radius 1 is 1.32 bits per heavy atom. The van der Waals surface area contributed by atoms with Gasteiger partial charge in [-0.25, -0.2) is 9.18 Å². The Balaban J connectivity index is 2.24. The number of benzene rings is 1. The first-order valence-electron chi connectivity index (χ1n) is 5.99. The number of hydrogen-bond acceptors (Lipinski definition) is 4. The van der Waals surface area contributed by atoms with E-state index in [4.69, 9.17) is 16.0 Å². The molecule has 0 atom stereocenters. The van der Waals surface area contributed by atoms with Gasteiger partial charge in [-0.1, -0.05) is 11.6 Å². The van der Waals surface area contributed by atoms with Gasteiger partial charge in [0, 0.05) is 6.92 Å². The molecule has 0 saturated carbocycles. The Bertz CT molecular complexity index is 913. The van der Waals surface area contributed by atoms with Crippen LogP contribution in [0.3, 0.4) is 0 Å². The first-order valence-corrected chi connectivity index (χ1v) is 6.36. The largest absolute Gasteiger partial charge is 0.417 e. The summed E-state index contributed by atoms with van der Waals surface area (Å²) in [5.41, 5.74) is -0.696. The fourth-order valence-electron chi connectivity index (χ4n) is 1.96. The number of aromatic amines is 1. The van der Waals surface area contributed by atoms with Crippen molar-refractivity contribution in [3.05, 3.63) is 45.5 Å². The van der Waals surface area contributed by atoms with Gasteiger partial charge in [0.1, 0.15) is 11.2 Å². The first-order chi connectivity index (χ1) is 10.3. The van der Waals surface area contributed by atoms with Gasteiger partial charge in [0.05, 0.1) is 28.7 Å². The molecule has 0 saturated heterocycles. The number of alkyl halides is 2. The molecule has 0 unspecified atom stereocenters. The number of H-pyrrole nitrogens is 1. The van der Waals surface area contributed by atoms with E-state index in [1.165, 1.54) is 0 Å². The highest BCUT2D eigenvalue weighted by Crippen LogP contribution is 2.35. The molecule has 3 rings (SSSR count). The number of nitrogens with one attached hydrogen (secondary N) is 1. The number of aromatic nitrogens is 3. The number of oxazole rings is 1. The predicted octanol–water partition coefficient (Wildman–Crippen LogP) is 3.48. The molecular formula is C13H7ClF3N3O2. The van der Waals surface area contributed by atoms with Crippen molar-refractivity contribution in [2.24, 2.45) is 0 Å². The molecule has 0 bridgehead atoms. The molecular weight excluding hydrogens is 323 g/mol. The summed E-state index contributed by atoms with van der Waals surface area (Å²) in [4.78, 5) is 20.9. The van der Waals surface area contributed by atoms with Gasteiger partial charge in [0.2, 0.25) is 0 Å². The fraction of sp³-hybridized carbons (Fsp3) is 0.154. The van der Waals surface area contributed by atoms with E-state index in [0.29, 0.717) is 6.92 Å². The van der Waals surface area contributed by atoms with Crippen molar-refractivity contribution in [1.82, 2.24) is 15.0 Å². The van der Waals surface area contributed by atoms with E-state index < -0.39 is 23.2 Å². The molecule has 3 aromatic rings. The maximum absolute atomic E-state index is 13.7. The van der Waals surface area contributed by atoms with E-state index in [0.717, 1.165) is 18.5 Å². The van der Waals surface area contributed by atoms with E-state index in [1.54, 1.807) is 0 Å². The Hall–Kier alpha value is -2.35. The molecule has 0 aliphatic rings. The van der Waals surface area contributed by atoms with Crippen LogP contribution >= 0.6 is 11.6 Å². The van der Waals surface area contributed by atoms with Crippen LogP contribution in [0.2, 0.25) is 5.02 Å². The topological polar surface area (TPSA) is 71.8 Å². The predicted molar refractivity (Wildman–Crippen MR) is 72.4 cm³/mol. The summed E-state index contributed by atoms with van der Waals surface area (Å²) in [5.74, 6) is -4.80.